The number of halogens is 1. The quantitative estimate of drug-likeness (QED) is 0.241. The van der Waals surface area contributed by atoms with E-state index in [2.05, 4.69) is 10.3 Å². The number of nitro benzene ring substituents is 1. The SMILES string of the molecule is CC(=O)Nc1ccc(C2=N/C(=C\c3ccc(-c4cc(Cl)c([N+](=O)[O-])cc4C)o3)C(=O)O2)cc1. The smallest absolute Gasteiger partial charge is 0.363 e. The third-order valence-electron chi connectivity index (χ3n) is 4.73. The molecular formula is C23H16ClN3O6. The Morgan fingerprint density at radius 3 is 2.58 bits per heavy atom. The van der Waals surface area contributed by atoms with Crippen LogP contribution in [0.4, 0.5) is 11.4 Å². The number of nitrogens with one attached hydrogen (secondary N) is 1. The molecule has 4 rings (SSSR count). The molecule has 1 aromatic heterocycles. The number of amides is 1. The molecule has 2 aromatic carbocycles. The summed E-state index contributed by atoms with van der Waals surface area (Å²) in [6.45, 7) is 3.12. The average molecular weight is 466 g/mol. The number of nitro groups is 1. The van der Waals surface area contributed by atoms with Gasteiger partial charge in [0.15, 0.2) is 5.70 Å². The number of rotatable bonds is 5. The van der Waals surface area contributed by atoms with Gasteiger partial charge in [0.2, 0.25) is 11.8 Å². The Hall–Kier alpha value is -4.24. The number of carbonyl (C=O) groups is 2. The van der Waals surface area contributed by atoms with Crippen LogP contribution in [0.3, 0.4) is 0 Å². The van der Waals surface area contributed by atoms with Gasteiger partial charge < -0.3 is 14.5 Å². The number of carbonyl (C=O) groups excluding carboxylic acids is 2. The number of esters is 1. The molecule has 2 heterocycles. The monoisotopic (exact) mass is 465 g/mol. The van der Waals surface area contributed by atoms with Crippen molar-refractivity contribution in [2.75, 3.05) is 5.32 Å². The first-order chi connectivity index (χ1) is 15.7. The Kier molecular flexibility index (Phi) is 5.80. The number of nitrogens with zero attached hydrogens (tertiary/aromatic N) is 2. The van der Waals surface area contributed by atoms with Crippen LogP contribution in [0.15, 0.2) is 63.6 Å². The highest BCUT2D eigenvalue weighted by atomic mass is 35.5. The van der Waals surface area contributed by atoms with Crippen molar-refractivity contribution in [2.24, 2.45) is 4.99 Å². The zero-order valence-electron chi connectivity index (χ0n) is 17.4. The van der Waals surface area contributed by atoms with Gasteiger partial charge in [-0.05, 0) is 55.0 Å². The largest absolute Gasteiger partial charge is 0.457 e. The number of ether oxygens (including phenoxy) is 1. The van der Waals surface area contributed by atoms with Gasteiger partial charge in [-0.3, -0.25) is 14.9 Å². The fourth-order valence-corrected chi connectivity index (χ4v) is 3.45. The van der Waals surface area contributed by atoms with E-state index in [9.17, 15) is 19.7 Å². The van der Waals surface area contributed by atoms with Crippen LogP contribution in [0.5, 0.6) is 0 Å². The lowest BCUT2D eigenvalue weighted by molar-refractivity contribution is -0.384. The molecule has 0 saturated heterocycles. The van der Waals surface area contributed by atoms with Gasteiger partial charge in [0.25, 0.3) is 5.69 Å². The summed E-state index contributed by atoms with van der Waals surface area (Å²) in [6.07, 6.45) is 1.44. The second-order valence-electron chi connectivity index (χ2n) is 7.17. The lowest BCUT2D eigenvalue weighted by Crippen LogP contribution is -2.07. The molecule has 0 fully saturated rings. The predicted molar refractivity (Wildman–Crippen MR) is 122 cm³/mol. The molecule has 1 amide bonds. The zero-order chi connectivity index (χ0) is 23.7. The lowest BCUT2D eigenvalue weighted by Gasteiger charge is -2.04. The van der Waals surface area contributed by atoms with Crippen LogP contribution in [-0.4, -0.2) is 22.7 Å². The molecule has 10 heteroatoms. The molecule has 3 aromatic rings. The van der Waals surface area contributed by atoms with E-state index in [1.54, 1.807) is 43.3 Å². The third kappa shape index (κ3) is 4.68. The second kappa shape index (κ2) is 8.71. The fraction of sp³-hybridized carbons (Fsp3) is 0.0870. The van der Waals surface area contributed by atoms with E-state index in [0.29, 0.717) is 33.9 Å². The number of benzene rings is 2. The zero-order valence-corrected chi connectivity index (χ0v) is 18.2. The second-order valence-corrected chi connectivity index (χ2v) is 7.58. The van der Waals surface area contributed by atoms with Gasteiger partial charge in [0.05, 0.1) is 4.92 Å². The highest BCUT2D eigenvalue weighted by Gasteiger charge is 2.25. The molecule has 0 bridgehead atoms. The van der Waals surface area contributed by atoms with E-state index >= 15 is 0 Å². The molecule has 0 spiro atoms. The Morgan fingerprint density at radius 2 is 1.91 bits per heavy atom. The van der Waals surface area contributed by atoms with Crippen molar-refractivity contribution in [3.63, 3.8) is 0 Å². The summed E-state index contributed by atoms with van der Waals surface area (Å²) in [5.74, 6) is 0.0765. The summed E-state index contributed by atoms with van der Waals surface area (Å²) in [5.41, 5.74) is 2.24. The highest BCUT2D eigenvalue weighted by molar-refractivity contribution is 6.33. The van der Waals surface area contributed by atoms with E-state index < -0.39 is 10.9 Å². The standard InChI is InChI=1S/C23H16ClN3O6/c1-12-9-20(27(30)31)18(24)11-17(12)21-8-7-16(32-21)10-19-23(29)33-22(26-19)14-3-5-15(6-4-14)25-13(2)28/h3-11H,1-2H3,(H,25,28)/b19-10-. The summed E-state index contributed by atoms with van der Waals surface area (Å²) in [6, 6.07) is 12.8. The van der Waals surface area contributed by atoms with E-state index in [0.717, 1.165) is 0 Å². The fourth-order valence-electron chi connectivity index (χ4n) is 3.21. The van der Waals surface area contributed by atoms with Crippen LogP contribution < -0.4 is 5.32 Å². The van der Waals surface area contributed by atoms with Crippen LogP contribution in [0.1, 0.15) is 23.8 Å². The first-order valence-electron chi connectivity index (χ1n) is 9.66. The van der Waals surface area contributed by atoms with Gasteiger partial charge in [0, 0.05) is 35.9 Å². The van der Waals surface area contributed by atoms with E-state index in [4.69, 9.17) is 20.8 Å². The maximum atomic E-state index is 12.3. The minimum absolute atomic E-state index is 0.00459. The van der Waals surface area contributed by atoms with Gasteiger partial charge in [-0.25, -0.2) is 9.79 Å². The molecule has 0 saturated carbocycles. The summed E-state index contributed by atoms with van der Waals surface area (Å²) in [7, 11) is 0. The van der Waals surface area contributed by atoms with Gasteiger partial charge in [-0.2, -0.15) is 0 Å². The molecule has 9 nitrogen and oxygen atoms in total. The maximum absolute atomic E-state index is 12.3. The Labute approximate surface area is 192 Å². The number of hydrogen-bond donors (Lipinski definition) is 1. The number of cyclic esters (lactones) is 1. The van der Waals surface area contributed by atoms with Gasteiger partial charge in [-0.1, -0.05) is 11.6 Å². The number of anilines is 1. The third-order valence-corrected chi connectivity index (χ3v) is 5.04. The highest BCUT2D eigenvalue weighted by Crippen LogP contribution is 2.34. The molecule has 1 aliphatic rings. The predicted octanol–water partition coefficient (Wildman–Crippen LogP) is 5.12. The van der Waals surface area contributed by atoms with Gasteiger partial charge in [0.1, 0.15) is 16.5 Å². The van der Waals surface area contributed by atoms with E-state index in [-0.39, 0.29) is 28.2 Å². The Balaban J connectivity index is 1.59. The summed E-state index contributed by atoms with van der Waals surface area (Å²) >= 11 is 6.02. The molecule has 0 radical (unpaired) electrons. The summed E-state index contributed by atoms with van der Waals surface area (Å²) in [5, 5.41) is 13.7. The molecular weight excluding hydrogens is 450 g/mol. The summed E-state index contributed by atoms with van der Waals surface area (Å²) in [4.78, 5) is 38.1. The molecule has 1 aliphatic heterocycles. The van der Waals surface area contributed by atoms with Crippen molar-refractivity contribution >= 4 is 46.8 Å². The molecule has 166 valence electrons. The lowest BCUT2D eigenvalue weighted by atomic mass is 10.1. The van der Waals surface area contributed by atoms with Crippen LogP contribution in [0, 0.1) is 17.0 Å². The molecule has 0 unspecified atom stereocenters. The van der Waals surface area contributed by atoms with Gasteiger partial charge in [-0.15, -0.1) is 0 Å². The first-order valence-corrected chi connectivity index (χ1v) is 10.0. The molecule has 0 aliphatic carbocycles. The minimum Gasteiger partial charge on any atom is -0.457 e. The number of aliphatic imine (C=N–C) groups is 1. The molecule has 33 heavy (non-hydrogen) atoms. The Morgan fingerprint density at radius 1 is 1.18 bits per heavy atom. The minimum atomic E-state index is -0.636. The number of hydrogen-bond acceptors (Lipinski definition) is 7. The van der Waals surface area contributed by atoms with Crippen LogP contribution >= 0.6 is 11.6 Å². The maximum Gasteiger partial charge on any atom is 0.363 e. The van der Waals surface area contributed by atoms with Gasteiger partial charge >= 0.3 is 5.97 Å². The first kappa shape index (κ1) is 22.0. The Bertz CT molecular complexity index is 1360. The van der Waals surface area contributed by atoms with Crippen molar-refractivity contribution in [1.29, 1.82) is 0 Å². The molecule has 1 N–H and O–H groups in total. The van der Waals surface area contributed by atoms with Crippen LogP contribution in [-0.2, 0) is 14.3 Å². The van der Waals surface area contributed by atoms with Crippen molar-refractivity contribution in [3.8, 4) is 11.3 Å². The van der Waals surface area contributed by atoms with E-state index in [1.807, 2.05) is 0 Å². The number of furan rings is 1. The number of aryl methyl sites for hydroxylation is 1. The average Bonchev–Trinajstić information content (AvgIpc) is 3.36. The van der Waals surface area contributed by atoms with Crippen molar-refractivity contribution in [1.82, 2.24) is 0 Å². The normalized spacial score (nSPS) is 14.2. The van der Waals surface area contributed by atoms with Crippen molar-refractivity contribution in [2.45, 2.75) is 13.8 Å². The van der Waals surface area contributed by atoms with E-state index in [1.165, 1.54) is 25.1 Å². The topological polar surface area (TPSA) is 124 Å². The summed E-state index contributed by atoms with van der Waals surface area (Å²) < 4.78 is 11.0. The van der Waals surface area contributed by atoms with Crippen molar-refractivity contribution < 1.29 is 23.7 Å². The van der Waals surface area contributed by atoms with Crippen molar-refractivity contribution in [3.05, 3.63) is 86.3 Å². The van der Waals surface area contributed by atoms with Crippen LogP contribution in [0.25, 0.3) is 17.4 Å². The molecule has 0 atom stereocenters. The van der Waals surface area contributed by atoms with Crippen LogP contribution in [0.2, 0.25) is 5.02 Å².